The van der Waals surface area contributed by atoms with Gasteiger partial charge in [-0.1, -0.05) is 0 Å². The minimum Gasteiger partial charge on any atom is -0.465 e. The van der Waals surface area contributed by atoms with Crippen molar-refractivity contribution in [2.24, 2.45) is 0 Å². The van der Waals surface area contributed by atoms with Gasteiger partial charge in [0.2, 0.25) is 5.91 Å². The van der Waals surface area contributed by atoms with E-state index in [9.17, 15) is 14.0 Å². The van der Waals surface area contributed by atoms with Gasteiger partial charge < -0.3 is 19.7 Å². The zero-order chi connectivity index (χ0) is 21.8. The average molecular weight is 427 g/mol. The van der Waals surface area contributed by atoms with Crippen LogP contribution in [-0.2, 0) is 30.9 Å². The Hall–Kier alpha value is -3.00. The molecule has 3 aliphatic rings. The Morgan fingerprint density at radius 2 is 2.00 bits per heavy atom. The Bertz CT molecular complexity index is 942. The van der Waals surface area contributed by atoms with E-state index in [4.69, 9.17) is 9.72 Å². The van der Waals surface area contributed by atoms with Gasteiger partial charge in [-0.25, -0.2) is 4.39 Å². The van der Waals surface area contributed by atoms with Crippen molar-refractivity contribution in [1.82, 2.24) is 4.98 Å². The van der Waals surface area contributed by atoms with Crippen molar-refractivity contribution in [2.75, 3.05) is 37.0 Å². The number of aryl methyl sites for hydroxylation is 1. The molecule has 1 N–H and O–H groups in total. The molecule has 0 radical (unpaired) electrons. The van der Waals surface area contributed by atoms with E-state index in [1.807, 2.05) is 12.1 Å². The van der Waals surface area contributed by atoms with Crippen molar-refractivity contribution in [3.63, 3.8) is 0 Å². The molecule has 1 aromatic carbocycles. The van der Waals surface area contributed by atoms with Crippen molar-refractivity contribution in [3.05, 3.63) is 53.6 Å². The highest BCUT2D eigenvalue weighted by Gasteiger charge is 2.49. The van der Waals surface area contributed by atoms with Crippen LogP contribution < -0.4 is 10.2 Å². The summed E-state index contributed by atoms with van der Waals surface area (Å²) in [6.45, 7) is 2.15. The zero-order valence-corrected chi connectivity index (χ0v) is 17.5. The summed E-state index contributed by atoms with van der Waals surface area (Å²) in [6, 6.07) is 9.72. The van der Waals surface area contributed by atoms with E-state index in [1.165, 1.54) is 12.1 Å². The maximum Gasteiger partial charge on any atom is 0.293 e. The van der Waals surface area contributed by atoms with Gasteiger partial charge in [0.25, 0.3) is 6.47 Å². The normalized spacial score (nSPS) is 18.6. The van der Waals surface area contributed by atoms with E-state index >= 15 is 0 Å². The smallest absolute Gasteiger partial charge is 0.293 e. The highest BCUT2D eigenvalue weighted by molar-refractivity contribution is 5.99. The lowest BCUT2D eigenvalue weighted by molar-refractivity contribution is -0.140. The van der Waals surface area contributed by atoms with E-state index in [1.54, 1.807) is 12.1 Å². The topological polar surface area (TPSA) is 80.8 Å². The van der Waals surface area contributed by atoms with Gasteiger partial charge >= 0.3 is 0 Å². The molecule has 0 spiro atoms. The number of nitrogens with one attached hydrogen (secondary N) is 1. The lowest BCUT2D eigenvalue weighted by Gasteiger charge is -2.40. The van der Waals surface area contributed by atoms with Crippen LogP contribution in [0.4, 0.5) is 15.8 Å². The number of nitrogens with zero attached hydrogens (tertiary/aromatic N) is 2. The van der Waals surface area contributed by atoms with Crippen molar-refractivity contribution in [3.8, 4) is 0 Å². The van der Waals surface area contributed by atoms with Crippen LogP contribution in [0.5, 0.6) is 0 Å². The third kappa shape index (κ3) is 4.69. The molecule has 31 heavy (non-hydrogen) atoms. The number of fused-ring (bicyclic) bond motifs is 1. The quantitative estimate of drug-likeness (QED) is 0.739. The third-order valence-electron chi connectivity index (χ3n) is 5.76. The second kappa shape index (κ2) is 9.01. The first-order chi connectivity index (χ1) is 15.0. The third-order valence-corrected chi connectivity index (χ3v) is 5.76. The Balaban J connectivity index is 0.000000334. The number of hydrogen-bond acceptors (Lipinski definition) is 6. The molecule has 5 rings (SSSR count). The number of halogens is 1. The van der Waals surface area contributed by atoms with Crippen LogP contribution in [0.15, 0.2) is 36.4 Å². The fourth-order valence-electron chi connectivity index (χ4n) is 3.66. The monoisotopic (exact) mass is 427 g/mol. The van der Waals surface area contributed by atoms with E-state index in [2.05, 4.69) is 22.0 Å². The first kappa shape index (κ1) is 21.2. The lowest BCUT2D eigenvalue weighted by atomic mass is 9.80. The summed E-state index contributed by atoms with van der Waals surface area (Å²) < 4.78 is 22.9. The van der Waals surface area contributed by atoms with Crippen LogP contribution in [0.3, 0.4) is 0 Å². The highest BCUT2D eigenvalue weighted by Crippen LogP contribution is 2.35. The van der Waals surface area contributed by atoms with Crippen molar-refractivity contribution >= 4 is 23.8 Å². The van der Waals surface area contributed by atoms with Crippen LogP contribution in [-0.4, -0.2) is 50.3 Å². The molecule has 3 heterocycles. The predicted molar refractivity (Wildman–Crippen MR) is 114 cm³/mol. The first-order valence-corrected chi connectivity index (χ1v) is 10.5. The minimum atomic E-state index is -0.778. The van der Waals surface area contributed by atoms with Crippen LogP contribution in [0, 0.1) is 5.82 Å². The van der Waals surface area contributed by atoms with Gasteiger partial charge in [0.1, 0.15) is 17.3 Å². The van der Waals surface area contributed by atoms with Crippen molar-refractivity contribution in [1.29, 1.82) is 0 Å². The molecular formula is C23H26FN3O4. The van der Waals surface area contributed by atoms with E-state index in [0.717, 1.165) is 49.3 Å². The number of ether oxygens (including phenoxy) is 2. The van der Waals surface area contributed by atoms with Gasteiger partial charge in [0.05, 0.1) is 30.3 Å². The zero-order valence-electron chi connectivity index (χ0n) is 17.5. The average Bonchev–Trinajstić information content (AvgIpc) is 3.54. The SMILES string of the molecule is CN1CCCc2nc(C3(C(=O)Nc4ccc(F)cc4)COC3)ccc21.O=COC1CC1. The highest BCUT2D eigenvalue weighted by atomic mass is 19.1. The van der Waals surface area contributed by atoms with Crippen LogP contribution in [0.2, 0.25) is 0 Å². The number of carbonyl (C=O) groups excluding carboxylic acids is 2. The molecule has 0 atom stereocenters. The summed E-state index contributed by atoms with van der Waals surface area (Å²) in [5.41, 5.74) is 2.69. The number of benzene rings is 1. The number of amides is 1. The molecule has 1 aromatic heterocycles. The van der Waals surface area contributed by atoms with Gasteiger partial charge in [-0.05, 0) is 62.1 Å². The van der Waals surface area contributed by atoms with Crippen LogP contribution in [0.25, 0.3) is 0 Å². The van der Waals surface area contributed by atoms with Crippen molar-refractivity contribution in [2.45, 2.75) is 37.2 Å². The van der Waals surface area contributed by atoms with E-state index in [0.29, 0.717) is 25.4 Å². The molecule has 1 saturated carbocycles. The summed E-state index contributed by atoms with van der Waals surface area (Å²) in [5.74, 6) is -0.498. The minimum absolute atomic E-state index is 0.165. The van der Waals surface area contributed by atoms with E-state index < -0.39 is 5.41 Å². The fourth-order valence-corrected chi connectivity index (χ4v) is 3.66. The number of rotatable bonds is 5. The number of hydrogen-bond donors (Lipinski definition) is 1. The van der Waals surface area contributed by atoms with Crippen LogP contribution >= 0.6 is 0 Å². The number of aromatic nitrogens is 1. The second-order valence-electron chi connectivity index (χ2n) is 8.16. The number of carbonyl (C=O) groups is 2. The molecule has 0 bridgehead atoms. The molecular weight excluding hydrogens is 401 g/mol. The van der Waals surface area contributed by atoms with Gasteiger partial charge in [0.15, 0.2) is 0 Å². The van der Waals surface area contributed by atoms with Gasteiger partial charge in [0, 0.05) is 19.3 Å². The number of anilines is 2. The number of pyridine rings is 1. The summed E-state index contributed by atoms with van der Waals surface area (Å²) in [6.07, 6.45) is 4.40. The molecule has 1 saturated heterocycles. The first-order valence-electron chi connectivity index (χ1n) is 10.5. The van der Waals surface area contributed by atoms with Crippen molar-refractivity contribution < 1.29 is 23.5 Å². The summed E-state index contributed by atoms with van der Waals surface area (Å²) in [4.78, 5) is 29.3. The summed E-state index contributed by atoms with van der Waals surface area (Å²) in [7, 11) is 2.06. The molecule has 2 aromatic rings. The Kier molecular flexibility index (Phi) is 6.18. The predicted octanol–water partition coefficient (Wildman–Crippen LogP) is 2.83. The molecule has 2 fully saturated rings. The molecule has 1 aliphatic carbocycles. The second-order valence-corrected chi connectivity index (χ2v) is 8.16. The summed E-state index contributed by atoms with van der Waals surface area (Å²) >= 11 is 0. The molecule has 1 amide bonds. The Labute approximate surface area is 180 Å². The van der Waals surface area contributed by atoms with Gasteiger partial charge in [-0.2, -0.15) is 0 Å². The molecule has 7 nitrogen and oxygen atoms in total. The van der Waals surface area contributed by atoms with E-state index in [-0.39, 0.29) is 17.8 Å². The maximum absolute atomic E-state index is 13.0. The van der Waals surface area contributed by atoms with Crippen LogP contribution in [0.1, 0.15) is 30.7 Å². The standard InChI is InChI=1S/C19H20FN3O2.C4H6O2/c1-23-10-2-3-15-16(23)8-9-17(22-15)19(11-25-12-19)18(24)21-14-6-4-13(20)5-7-14;5-3-6-4-1-2-4/h4-9H,2-3,10-12H2,1H3,(H,21,24);3-4H,1-2H2. The Morgan fingerprint density at radius 3 is 2.58 bits per heavy atom. The van der Waals surface area contributed by atoms with Gasteiger partial charge in [-0.3, -0.25) is 14.6 Å². The lowest BCUT2D eigenvalue weighted by Crippen LogP contribution is -2.56. The fraction of sp³-hybridized carbons (Fsp3) is 0.435. The maximum atomic E-state index is 13.0. The molecule has 0 unspecified atom stereocenters. The molecule has 8 heteroatoms. The molecule has 2 aliphatic heterocycles. The Morgan fingerprint density at radius 1 is 1.26 bits per heavy atom. The van der Waals surface area contributed by atoms with Gasteiger partial charge in [-0.15, -0.1) is 0 Å². The summed E-state index contributed by atoms with van der Waals surface area (Å²) in [5, 5.41) is 2.86. The largest absolute Gasteiger partial charge is 0.465 e. The molecule has 164 valence electrons.